The molecule has 1 aliphatic heterocycles. The number of benzene rings is 3. The number of hydrogen-bond donors (Lipinski definition) is 2. The van der Waals surface area contributed by atoms with Crippen molar-refractivity contribution in [2.45, 2.75) is 32.7 Å². The molecular weight excluding hydrogens is 370 g/mol. The minimum Gasteiger partial charge on any atom is -0.372 e. The van der Waals surface area contributed by atoms with Crippen molar-refractivity contribution in [3.8, 4) is 0 Å². The van der Waals surface area contributed by atoms with Crippen LogP contribution in [0.4, 0.5) is 17.1 Å². The molecule has 4 rings (SSSR count). The standard InChI is InChI=1S/C26H29N3O/c1-19-16-20(2)18-23(17-19)28-26(30)25(21-8-4-3-5-9-21)27-22-10-12-24(13-11-22)29-14-6-7-15-29/h3-5,8-13,16-18,25,27H,6-7,14-15H2,1-2H3,(H,28,30)/t25-/m1/s1. The lowest BCUT2D eigenvalue weighted by molar-refractivity contribution is -0.117. The SMILES string of the molecule is Cc1cc(C)cc(NC(=O)[C@H](Nc2ccc(N3CCCC3)cc2)c2ccccc2)c1. The van der Waals surface area contributed by atoms with Gasteiger partial charge in [0.25, 0.3) is 5.91 Å². The Labute approximate surface area is 178 Å². The van der Waals surface area contributed by atoms with Crippen molar-refractivity contribution in [1.29, 1.82) is 0 Å². The highest BCUT2D eigenvalue weighted by atomic mass is 16.2. The van der Waals surface area contributed by atoms with Gasteiger partial charge in [-0.3, -0.25) is 4.79 Å². The summed E-state index contributed by atoms with van der Waals surface area (Å²) in [5.41, 5.74) is 6.20. The van der Waals surface area contributed by atoms with E-state index in [0.29, 0.717) is 0 Å². The van der Waals surface area contributed by atoms with Crippen LogP contribution in [0.15, 0.2) is 72.8 Å². The molecule has 30 heavy (non-hydrogen) atoms. The zero-order valence-corrected chi connectivity index (χ0v) is 17.7. The molecule has 1 aliphatic rings. The molecule has 3 aromatic carbocycles. The predicted molar refractivity (Wildman–Crippen MR) is 125 cm³/mol. The van der Waals surface area contributed by atoms with Crippen molar-refractivity contribution in [2.75, 3.05) is 28.6 Å². The Morgan fingerprint density at radius 2 is 1.47 bits per heavy atom. The first kappa shape index (κ1) is 20.0. The number of carbonyl (C=O) groups is 1. The number of carbonyl (C=O) groups excluding carboxylic acids is 1. The van der Waals surface area contributed by atoms with E-state index in [1.165, 1.54) is 18.5 Å². The Hall–Kier alpha value is -3.27. The van der Waals surface area contributed by atoms with E-state index >= 15 is 0 Å². The van der Waals surface area contributed by atoms with Gasteiger partial charge in [0.05, 0.1) is 0 Å². The van der Waals surface area contributed by atoms with Crippen LogP contribution in [0.25, 0.3) is 0 Å². The summed E-state index contributed by atoms with van der Waals surface area (Å²) in [7, 11) is 0. The number of nitrogens with one attached hydrogen (secondary N) is 2. The summed E-state index contributed by atoms with van der Waals surface area (Å²) < 4.78 is 0. The van der Waals surface area contributed by atoms with E-state index in [0.717, 1.165) is 41.2 Å². The lowest BCUT2D eigenvalue weighted by Gasteiger charge is -2.22. The molecule has 3 aromatic rings. The van der Waals surface area contributed by atoms with E-state index in [-0.39, 0.29) is 5.91 Å². The maximum atomic E-state index is 13.2. The molecule has 2 N–H and O–H groups in total. The normalized spacial score (nSPS) is 14.4. The predicted octanol–water partition coefficient (Wildman–Crippen LogP) is 5.70. The van der Waals surface area contributed by atoms with E-state index in [9.17, 15) is 4.79 Å². The van der Waals surface area contributed by atoms with Crippen molar-refractivity contribution >= 4 is 23.0 Å². The van der Waals surface area contributed by atoms with Crippen molar-refractivity contribution in [3.05, 3.63) is 89.5 Å². The highest BCUT2D eigenvalue weighted by molar-refractivity contribution is 5.97. The average Bonchev–Trinajstić information content (AvgIpc) is 3.27. The summed E-state index contributed by atoms with van der Waals surface area (Å²) in [6.07, 6.45) is 2.52. The van der Waals surface area contributed by atoms with Crippen LogP contribution in [0.2, 0.25) is 0 Å². The van der Waals surface area contributed by atoms with Gasteiger partial charge in [-0.2, -0.15) is 0 Å². The second kappa shape index (κ2) is 9.04. The summed E-state index contributed by atoms with van der Waals surface area (Å²) >= 11 is 0. The maximum Gasteiger partial charge on any atom is 0.251 e. The van der Waals surface area contributed by atoms with E-state index < -0.39 is 6.04 Å². The van der Waals surface area contributed by atoms with Gasteiger partial charge < -0.3 is 15.5 Å². The monoisotopic (exact) mass is 399 g/mol. The molecule has 0 bridgehead atoms. The second-order valence-corrected chi connectivity index (χ2v) is 8.09. The van der Waals surface area contributed by atoms with Crippen molar-refractivity contribution in [2.24, 2.45) is 0 Å². The average molecular weight is 400 g/mol. The fraction of sp³-hybridized carbons (Fsp3) is 0.269. The number of anilines is 3. The van der Waals surface area contributed by atoms with Gasteiger partial charge in [0.15, 0.2) is 0 Å². The first-order chi connectivity index (χ1) is 14.6. The Kier molecular flexibility index (Phi) is 6.03. The van der Waals surface area contributed by atoms with Gasteiger partial charge in [-0.05, 0) is 79.8 Å². The van der Waals surface area contributed by atoms with E-state index in [4.69, 9.17) is 0 Å². The quantitative estimate of drug-likeness (QED) is 0.559. The molecule has 0 saturated carbocycles. The molecule has 1 amide bonds. The number of rotatable bonds is 6. The van der Waals surface area contributed by atoms with Gasteiger partial charge in [-0.1, -0.05) is 36.4 Å². The molecule has 1 atom stereocenters. The van der Waals surface area contributed by atoms with Crippen LogP contribution >= 0.6 is 0 Å². The molecule has 0 aromatic heterocycles. The second-order valence-electron chi connectivity index (χ2n) is 8.09. The topological polar surface area (TPSA) is 44.4 Å². The van der Waals surface area contributed by atoms with Gasteiger partial charge in [-0.25, -0.2) is 0 Å². The third-order valence-electron chi connectivity index (χ3n) is 5.53. The zero-order chi connectivity index (χ0) is 20.9. The molecule has 1 fully saturated rings. The lowest BCUT2D eigenvalue weighted by Crippen LogP contribution is -2.27. The van der Waals surface area contributed by atoms with Crippen LogP contribution in [0.1, 0.15) is 35.6 Å². The van der Waals surface area contributed by atoms with E-state index in [1.54, 1.807) is 0 Å². The highest BCUT2D eigenvalue weighted by Gasteiger charge is 2.21. The summed E-state index contributed by atoms with van der Waals surface area (Å²) in [6, 6.07) is 23.9. The van der Waals surface area contributed by atoms with Crippen LogP contribution < -0.4 is 15.5 Å². The first-order valence-corrected chi connectivity index (χ1v) is 10.6. The molecule has 0 radical (unpaired) electrons. The molecule has 0 aliphatic carbocycles. The fourth-order valence-corrected chi connectivity index (χ4v) is 4.12. The summed E-state index contributed by atoms with van der Waals surface area (Å²) in [4.78, 5) is 15.6. The van der Waals surface area contributed by atoms with Crippen LogP contribution in [-0.4, -0.2) is 19.0 Å². The molecule has 0 unspecified atom stereocenters. The van der Waals surface area contributed by atoms with E-state index in [2.05, 4.69) is 45.9 Å². The van der Waals surface area contributed by atoms with Crippen LogP contribution in [0.3, 0.4) is 0 Å². The van der Waals surface area contributed by atoms with Crippen molar-refractivity contribution < 1.29 is 4.79 Å². The molecule has 154 valence electrons. The Morgan fingerprint density at radius 1 is 0.833 bits per heavy atom. The Morgan fingerprint density at radius 3 is 2.10 bits per heavy atom. The summed E-state index contributed by atoms with van der Waals surface area (Å²) in [5, 5.41) is 6.52. The maximum absolute atomic E-state index is 13.2. The van der Waals surface area contributed by atoms with Crippen molar-refractivity contribution in [1.82, 2.24) is 0 Å². The minimum atomic E-state index is -0.482. The molecular formula is C26H29N3O. The summed E-state index contributed by atoms with van der Waals surface area (Å²) in [6.45, 7) is 6.32. The number of hydrogen-bond acceptors (Lipinski definition) is 3. The van der Waals surface area contributed by atoms with Gasteiger partial charge in [0.1, 0.15) is 6.04 Å². The summed E-state index contributed by atoms with van der Waals surface area (Å²) in [5.74, 6) is -0.0742. The minimum absolute atomic E-state index is 0.0742. The number of nitrogens with zero attached hydrogens (tertiary/aromatic N) is 1. The highest BCUT2D eigenvalue weighted by Crippen LogP contribution is 2.26. The van der Waals surface area contributed by atoms with Crippen LogP contribution in [0.5, 0.6) is 0 Å². The smallest absolute Gasteiger partial charge is 0.251 e. The van der Waals surface area contributed by atoms with E-state index in [1.807, 2.05) is 56.3 Å². The van der Waals surface area contributed by atoms with Gasteiger partial charge >= 0.3 is 0 Å². The van der Waals surface area contributed by atoms with Crippen LogP contribution in [-0.2, 0) is 4.79 Å². The molecule has 4 nitrogen and oxygen atoms in total. The third kappa shape index (κ3) is 4.82. The largest absolute Gasteiger partial charge is 0.372 e. The van der Waals surface area contributed by atoms with Crippen LogP contribution in [0, 0.1) is 13.8 Å². The number of amides is 1. The molecule has 0 spiro atoms. The van der Waals surface area contributed by atoms with Gasteiger partial charge in [0, 0.05) is 30.2 Å². The molecule has 4 heteroatoms. The zero-order valence-electron chi connectivity index (χ0n) is 17.7. The Balaban J connectivity index is 1.54. The third-order valence-corrected chi connectivity index (χ3v) is 5.53. The van der Waals surface area contributed by atoms with Gasteiger partial charge in [0.2, 0.25) is 0 Å². The fourth-order valence-electron chi connectivity index (χ4n) is 4.12. The van der Waals surface area contributed by atoms with Gasteiger partial charge in [-0.15, -0.1) is 0 Å². The molecule has 1 saturated heterocycles. The van der Waals surface area contributed by atoms with Crippen molar-refractivity contribution in [3.63, 3.8) is 0 Å². The lowest BCUT2D eigenvalue weighted by atomic mass is 10.0. The Bertz CT molecular complexity index is 972. The molecule has 1 heterocycles. The first-order valence-electron chi connectivity index (χ1n) is 10.6. The number of aryl methyl sites for hydroxylation is 2.